The zero-order chi connectivity index (χ0) is 36.1. The number of nitrogens with one attached hydrogen (secondary N) is 1. The molecule has 1 atom stereocenters. The van der Waals surface area contributed by atoms with Gasteiger partial charge in [0.15, 0.2) is 6.54 Å². The van der Waals surface area contributed by atoms with Crippen LogP contribution in [0.25, 0.3) is 32.8 Å². The number of ether oxygens (including phenoxy) is 3. The zero-order valence-corrected chi connectivity index (χ0v) is 30.4. The van der Waals surface area contributed by atoms with Crippen molar-refractivity contribution in [2.24, 2.45) is 0 Å². The normalized spacial score (nSPS) is 16.5. The van der Waals surface area contributed by atoms with E-state index in [0.29, 0.717) is 81.5 Å². The average molecular weight is 727 g/mol. The number of aromatic nitrogens is 5. The predicted octanol–water partition coefficient (Wildman–Crippen LogP) is 7.30. The molecule has 2 aliphatic rings. The van der Waals surface area contributed by atoms with Crippen molar-refractivity contribution in [2.75, 3.05) is 26.9 Å². The number of carbonyl (C=O) groups is 1. The molecule has 6 aromatic rings. The van der Waals surface area contributed by atoms with Gasteiger partial charge in [0.25, 0.3) is 0 Å². The quantitative estimate of drug-likeness (QED) is 0.185. The number of fused-ring (bicyclic) bond motifs is 7. The van der Waals surface area contributed by atoms with E-state index < -0.39 is 5.97 Å². The van der Waals surface area contributed by atoms with Crippen molar-refractivity contribution in [1.29, 1.82) is 0 Å². The number of methoxy groups -OCH3 is 1. The highest BCUT2D eigenvalue weighted by atomic mass is 35.5. The molecule has 10 nitrogen and oxygen atoms in total. The molecule has 52 heavy (non-hydrogen) atoms. The van der Waals surface area contributed by atoms with E-state index in [0.717, 1.165) is 67.6 Å². The molecule has 2 aliphatic heterocycles. The first-order valence-corrected chi connectivity index (χ1v) is 18.3. The zero-order valence-electron chi connectivity index (χ0n) is 29.6. The number of benzene rings is 3. The molecule has 8 rings (SSSR count). The average Bonchev–Trinajstić information content (AvgIpc) is 3.77. The van der Waals surface area contributed by atoms with Crippen molar-refractivity contribution < 1.29 is 33.2 Å². The van der Waals surface area contributed by atoms with E-state index in [-0.39, 0.29) is 17.6 Å². The van der Waals surface area contributed by atoms with Crippen LogP contribution in [0.4, 0.5) is 4.39 Å². The number of halogens is 2. The van der Waals surface area contributed by atoms with Gasteiger partial charge in [-0.1, -0.05) is 17.7 Å². The molecule has 2 N–H and O–H groups in total. The molecule has 0 radical (unpaired) electrons. The molecule has 270 valence electrons. The number of rotatable bonds is 4. The summed E-state index contributed by atoms with van der Waals surface area (Å²) in [4.78, 5) is 12.9. The second-order valence-corrected chi connectivity index (χ2v) is 14.2. The molecule has 0 aliphatic carbocycles. The lowest BCUT2D eigenvalue weighted by Crippen LogP contribution is -2.47. The number of hydrogen-bond acceptors (Lipinski definition) is 5. The highest BCUT2D eigenvalue weighted by Gasteiger charge is 2.38. The molecule has 0 spiro atoms. The molecule has 5 heterocycles. The molecular formula is C40H42ClFN5O5+. The Kier molecular flexibility index (Phi) is 9.27. The van der Waals surface area contributed by atoms with E-state index in [9.17, 15) is 14.3 Å². The molecule has 8 bridgehead atoms. The smallest absolute Gasteiger partial charge is 0.352 e. The summed E-state index contributed by atoms with van der Waals surface area (Å²) >= 11 is 7.09. The lowest BCUT2D eigenvalue weighted by Gasteiger charge is -2.19. The first-order valence-electron chi connectivity index (χ1n) is 17.9. The Bertz CT molecular complexity index is 2340. The minimum Gasteiger partial charge on any atom is -0.493 e. The van der Waals surface area contributed by atoms with Crippen molar-refractivity contribution in [2.45, 2.75) is 71.7 Å². The summed E-state index contributed by atoms with van der Waals surface area (Å²) in [6.45, 7) is 7.04. The van der Waals surface area contributed by atoms with Gasteiger partial charge in [0.2, 0.25) is 5.69 Å². The third kappa shape index (κ3) is 6.14. The summed E-state index contributed by atoms with van der Waals surface area (Å²) in [5, 5.41) is 22.1. The van der Waals surface area contributed by atoms with Crippen LogP contribution in [0, 0.1) is 19.7 Å². The van der Waals surface area contributed by atoms with Gasteiger partial charge in [0.1, 0.15) is 30.0 Å². The van der Waals surface area contributed by atoms with Gasteiger partial charge < -0.3 is 23.9 Å². The lowest BCUT2D eigenvalue weighted by atomic mass is 9.93. The molecule has 0 saturated heterocycles. The highest BCUT2D eigenvalue weighted by Crippen LogP contribution is 2.44. The van der Waals surface area contributed by atoms with Crippen molar-refractivity contribution in [3.8, 4) is 16.9 Å². The standard InChI is InChI=1S/C40H41ClFN5O5/c1-23-35-32-11-10-31(41)37(35)36-24(2)43-47-15-18-52-33(39(36)47)12-7-28-22-29(46(44-28)14-17-50-3)8-5-25-19-26-21-27(42)6-9-30(26)34(20-25)51-16-4-13-45(32)38(23)40(48)49/h6,9-11,19-22,33H,4-5,7-8,12-18H2,1-3H3,(H,48,49)/p+1. The summed E-state index contributed by atoms with van der Waals surface area (Å²) < 4.78 is 38.8. The number of aromatic carboxylic acids is 1. The van der Waals surface area contributed by atoms with Crippen LogP contribution in [-0.2, 0) is 48.4 Å². The van der Waals surface area contributed by atoms with Crippen LogP contribution in [0.1, 0.15) is 63.3 Å². The first kappa shape index (κ1) is 34.4. The second-order valence-electron chi connectivity index (χ2n) is 13.8. The van der Waals surface area contributed by atoms with Crippen LogP contribution in [0.2, 0.25) is 5.02 Å². The number of aryl methyl sites for hydroxylation is 6. The Morgan fingerprint density at radius 3 is 2.81 bits per heavy atom. The predicted molar refractivity (Wildman–Crippen MR) is 196 cm³/mol. The minimum atomic E-state index is -1.00. The van der Waals surface area contributed by atoms with E-state index >= 15 is 0 Å². The van der Waals surface area contributed by atoms with Gasteiger partial charge in [-0.2, -0.15) is 10.2 Å². The first-order chi connectivity index (χ1) is 25.2. The molecular weight excluding hydrogens is 685 g/mol. The van der Waals surface area contributed by atoms with Gasteiger partial charge in [0, 0.05) is 46.2 Å². The second kappa shape index (κ2) is 14.0. The highest BCUT2D eigenvalue weighted by molar-refractivity contribution is 6.35. The summed E-state index contributed by atoms with van der Waals surface area (Å²) in [5.41, 5.74) is 8.47. The Morgan fingerprint density at radius 1 is 1.12 bits per heavy atom. The fourth-order valence-electron chi connectivity index (χ4n) is 8.22. The van der Waals surface area contributed by atoms with Crippen LogP contribution in [0.5, 0.6) is 5.75 Å². The molecule has 0 fully saturated rings. The maximum Gasteiger partial charge on any atom is 0.352 e. The molecule has 3 aromatic heterocycles. The van der Waals surface area contributed by atoms with Gasteiger partial charge in [0.05, 0.1) is 36.7 Å². The van der Waals surface area contributed by atoms with Crippen LogP contribution in [-0.4, -0.2) is 57.5 Å². The third-order valence-corrected chi connectivity index (χ3v) is 10.8. The Balaban J connectivity index is 1.28. The van der Waals surface area contributed by atoms with Crippen LogP contribution >= 0.6 is 11.6 Å². The molecule has 0 amide bonds. The summed E-state index contributed by atoms with van der Waals surface area (Å²) in [5.74, 6) is -0.632. The van der Waals surface area contributed by atoms with E-state index in [1.54, 1.807) is 19.2 Å². The largest absolute Gasteiger partial charge is 0.493 e. The van der Waals surface area contributed by atoms with Gasteiger partial charge >= 0.3 is 5.97 Å². The lowest BCUT2D eigenvalue weighted by molar-refractivity contribution is -0.769. The number of nitrogens with zero attached hydrogens (tertiary/aromatic N) is 4. The molecule has 3 aromatic carbocycles. The van der Waals surface area contributed by atoms with Crippen molar-refractivity contribution in [3.63, 3.8) is 0 Å². The maximum atomic E-state index is 14.4. The fourth-order valence-corrected chi connectivity index (χ4v) is 8.47. The summed E-state index contributed by atoms with van der Waals surface area (Å²) in [6.07, 6.45) is 3.11. The van der Waals surface area contributed by atoms with Gasteiger partial charge in [-0.3, -0.25) is 4.68 Å². The van der Waals surface area contributed by atoms with Gasteiger partial charge in [-0.25, -0.2) is 9.18 Å². The topological polar surface area (TPSA) is 107 Å². The Hall–Kier alpha value is -4.71. The SMILES string of the molecule is COCCn1nc2cc1CCc1cc(c3ccc(F)cc3c1)OCCCn1c(C(=O)O)c(C)c3c(c(Cl)ccc31)-c1c(C)[nH][n+]3c1C(CC2)OCC3. The number of H-pyrrole nitrogens is 1. The summed E-state index contributed by atoms with van der Waals surface area (Å²) in [7, 11) is 1.69. The van der Waals surface area contributed by atoms with E-state index in [2.05, 4.69) is 15.8 Å². The van der Waals surface area contributed by atoms with E-state index in [4.69, 9.17) is 30.9 Å². The Morgan fingerprint density at radius 2 is 1.98 bits per heavy atom. The van der Waals surface area contributed by atoms with Crippen LogP contribution < -0.4 is 9.42 Å². The fraction of sp³-hybridized carbons (Fsp3) is 0.375. The minimum absolute atomic E-state index is 0.228. The van der Waals surface area contributed by atoms with Gasteiger partial charge in [-0.05, 0) is 105 Å². The van der Waals surface area contributed by atoms with E-state index in [1.165, 1.54) is 6.07 Å². The third-order valence-electron chi connectivity index (χ3n) is 10.5. The van der Waals surface area contributed by atoms with Gasteiger partial charge in [-0.15, -0.1) is 4.68 Å². The molecule has 12 heteroatoms. The molecule has 0 saturated carbocycles. The molecule has 1 unspecified atom stereocenters. The summed E-state index contributed by atoms with van der Waals surface area (Å²) in [6, 6.07) is 14.8. The van der Waals surface area contributed by atoms with Crippen molar-refractivity contribution in [1.82, 2.24) is 19.4 Å². The van der Waals surface area contributed by atoms with E-state index in [1.807, 2.05) is 47.4 Å². The monoisotopic (exact) mass is 726 g/mol. The van der Waals surface area contributed by atoms with Crippen LogP contribution in [0.3, 0.4) is 0 Å². The van der Waals surface area contributed by atoms with Crippen molar-refractivity contribution >= 4 is 39.2 Å². The number of carboxylic acids is 1. The Labute approximate surface area is 305 Å². The maximum absolute atomic E-state index is 14.4. The van der Waals surface area contributed by atoms with Crippen molar-refractivity contribution in [3.05, 3.63) is 99.0 Å². The number of aromatic amines is 1. The number of carboxylic acid groups (broad SMARTS) is 1. The van der Waals surface area contributed by atoms with Crippen LogP contribution in [0.15, 0.2) is 48.5 Å². The number of hydrogen-bond donors (Lipinski definition) is 2.